The molecule has 0 amide bonds. The highest BCUT2D eigenvalue weighted by atomic mass is 16.3. The molecule has 0 radical (unpaired) electrons. The summed E-state index contributed by atoms with van der Waals surface area (Å²) in [6.45, 7) is 0. The van der Waals surface area contributed by atoms with Gasteiger partial charge in [-0.1, -0.05) is 0 Å². The first-order valence-electron chi connectivity index (χ1n) is 2.30. The second-order valence-electron chi connectivity index (χ2n) is 1.44. The predicted molar refractivity (Wildman–Crippen MR) is 28.4 cm³/mol. The zero-order valence-corrected chi connectivity index (χ0v) is 4.48. The molecular weight excluding hydrogens is 118 g/mol. The molecule has 0 bridgehead atoms. The van der Waals surface area contributed by atoms with Crippen molar-refractivity contribution in [3.63, 3.8) is 0 Å². The molecule has 1 rings (SSSR count). The fourth-order valence-corrected chi connectivity index (χ4v) is 0.455. The Balaban J connectivity index is 3.20. The highest BCUT2D eigenvalue weighted by molar-refractivity contribution is 5.52. The van der Waals surface area contributed by atoms with Gasteiger partial charge in [0.2, 0.25) is 5.39 Å². The molecule has 0 unspecified atom stereocenters. The Labute approximate surface area is 51.4 Å². The molecule has 0 N–H and O–H groups in total. The molecule has 0 spiro atoms. The van der Waals surface area contributed by atoms with Crippen molar-refractivity contribution in [1.29, 1.82) is 5.39 Å². The molecule has 1 aromatic rings. The lowest BCUT2D eigenvalue weighted by molar-refractivity contribution is -0.267. The van der Waals surface area contributed by atoms with Gasteiger partial charge >= 0.3 is 5.69 Å². The van der Waals surface area contributed by atoms with E-state index in [9.17, 15) is 5.11 Å². The number of aromatic nitrogens is 1. The molecule has 0 saturated carbocycles. The van der Waals surface area contributed by atoms with Crippen molar-refractivity contribution >= 4 is 5.69 Å². The second kappa shape index (κ2) is 2.09. The summed E-state index contributed by atoms with van der Waals surface area (Å²) in [6.07, 6.45) is 2.48. The normalized spacial score (nSPS) is 8.33. The van der Waals surface area contributed by atoms with Gasteiger partial charge in [-0.05, 0) is 0 Å². The highest BCUT2D eigenvalue weighted by Crippen LogP contribution is 2.19. The minimum Gasteiger partial charge on any atom is -0.866 e. The molecule has 0 aliphatic rings. The lowest BCUT2D eigenvalue weighted by Gasteiger charge is -1.94. The summed E-state index contributed by atoms with van der Waals surface area (Å²) in [4.78, 5) is 6.23. The van der Waals surface area contributed by atoms with E-state index < -0.39 is 0 Å². The molecule has 9 heavy (non-hydrogen) atoms. The Kier molecular flexibility index (Phi) is 1.28. The zero-order chi connectivity index (χ0) is 6.69. The number of hydrogen-bond acceptors (Lipinski definition) is 3. The second-order valence-corrected chi connectivity index (χ2v) is 1.44. The van der Waals surface area contributed by atoms with Crippen LogP contribution in [0.2, 0.25) is 0 Å². The van der Waals surface area contributed by atoms with Crippen LogP contribution in [-0.2, 0) is 0 Å². The Bertz CT molecular complexity index is 253. The fourth-order valence-electron chi connectivity index (χ4n) is 0.455. The van der Waals surface area contributed by atoms with Crippen LogP contribution in [0.3, 0.4) is 0 Å². The van der Waals surface area contributed by atoms with E-state index in [1.54, 1.807) is 0 Å². The Hall–Kier alpha value is -1.63. The van der Waals surface area contributed by atoms with Gasteiger partial charge in [0.05, 0.1) is 6.07 Å². The van der Waals surface area contributed by atoms with Gasteiger partial charge in [-0.2, -0.15) is 0 Å². The van der Waals surface area contributed by atoms with Crippen LogP contribution in [0, 0.1) is 5.39 Å². The molecule has 0 fully saturated rings. The summed E-state index contributed by atoms with van der Waals surface area (Å²) in [7, 11) is 0. The van der Waals surface area contributed by atoms with Crippen molar-refractivity contribution in [1.82, 2.24) is 4.98 Å². The SMILES string of the molecule is N#[N+]c1ccncc1[O-]. The van der Waals surface area contributed by atoms with Crippen molar-refractivity contribution < 1.29 is 5.11 Å². The molecule has 4 nitrogen and oxygen atoms in total. The average Bonchev–Trinajstić information content (AvgIpc) is 1.89. The minimum atomic E-state index is -0.375. The molecule has 1 heterocycles. The van der Waals surface area contributed by atoms with Crippen molar-refractivity contribution in [2.45, 2.75) is 0 Å². The third-order valence-electron chi connectivity index (χ3n) is 0.870. The van der Waals surface area contributed by atoms with E-state index in [1.165, 1.54) is 12.3 Å². The van der Waals surface area contributed by atoms with Crippen LogP contribution >= 0.6 is 0 Å². The van der Waals surface area contributed by atoms with Gasteiger partial charge in [0.25, 0.3) is 0 Å². The maximum absolute atomic E-state index is 10.5. The van der Waals surface area contributed by atoms with Crippen LogP contribution in [0.25, 0.3) is 4.98 Å². The Morgan fingerprint density at radius 2 is 2.44 bits per heavy atom. The highest BCUT2D eigenvalue weighted by Gasteiger charge is 2.01. The molecular formula is C5H3N3O. The zero-order valence-electron chi connectivity index (χ0n) is 4.48. The molecule has 4 heteroatoms. The molecule has 0 atom stereocenters. The van der Waals surface area contributed by atoms with Gasteiger partial charge in [-0.25, -0.2) is 0 Å². The number of nitrogens with zero attached hydrogens (tertiary/aromatic N) is 3. The molecule has 0 aliphatic carbocycles. The van der Waals surface area contributed by atoms with E-state index in [2.05, 4.69) is 9.96 Å². The monoisotopic (exact) mass is 121 g/mol. The van der Waals surface area contributed by atoms with Crippen LogP contribution in [0.4, 0.5) is 5.69 Å². The van der Waals surface area contributed by atoms with Gasteiger partial charge in [0, 0.05) is 18.1 Å². The van der Waals surface area contributed by atoms with Gasteiger partial charge in [-0.3, -0.25) is 4.98 Å². The first-order chi connectivity index (χ1) is 4.34. The summed E-state index contributed by atoms with van der Waals surface area (Å²) < 4.78 is 0. The summed E-state index contributed by atoms with van der Waals surface area (Å²) in [5, 5.41) is 18.6. The first kappa shape index (κ1) is 5.51. The molecule has 0 aliphatic heterocycles. The fraction of sp³-hybridized carbons (Fsp3) is 0. The van der Waals surface area contributed by atoms with Crippen molar-refractivity contribution in [2.24, 2.45) is 0 Å². The topological polar surface area (TPSA) is 64.1 Å². The summed E-state index contributed by atoms with van der Waals surface area (Å²) >= 11 is 0. The number of pyridine rings is 1. The lowest BCUT2D eigenvalue weighted by Crippen LogP contribution is -1.88. The van der Waals surface area contributed by atoms with Crippen LogP contribution in [0.1, 0.15) is 0 Å². The molecule has 1 aromatic heterocycles. The number of rotatable bonds is 0. The maximum atomic E-state index is 10.5. The van der Waals surface area contributed by atoms with Crippen LogP contribution in [0.15, 0.2) is 18.5 Å². The average molecular weight is 121 g/mol. The standard InChI is InChI=1S/C5H3N3O/c6-8-4-1-2-7-3-5(4)9/h1-3H. The quantitative estimate of drug-likeness (QED) is 0.473. The molecule has 0 saturated heterocycles. The third kappa shape index (κ3) is 0.941. The van der Waals surface area contributed by atoms with E-state index in [4.69, 9.17) is 5.39 Å². The van der Waals surface area contributed by atoms with Gasteiger partial charge in [0.1, 0.15) is 0 Å². The summed E-state index contributed by atoms with van der Waals surface area (Å²) in [6, 6.07) is 1.34. The Morgan fingerprint density at radius 1 is 1.67 bits per heavy atom. The minimum absolute atomic E-state index is 0.0185. The van der Waals surface area contributed by atoms with Crippen LogP contribution in [-0.4, -0.2) is 4.98 Å². The molecule has 44 valence electrons. The van der Waals surface area contributed by atoms with E-state index in [0.29, 0.717) is 0 Å². The largest absolute Gasteiger partial charge is 0.866 e. The van der Waals surface area contributed by atoms with Gasteiger partial charge in [0.15, 0.2) is 4.98 Å². The predicted octanol–water partition coefficient (Wildman–Crippen LogP) is 0.640. The van der Waals surface area contributed by atoms with Crippen LogP contribution in [0.5, 0.6) is 5.75 Å². The smallest absolute Gasteiger partial charge is 0.380 e. The van der Waals surface area contributed by atoms with E-state index in [0.717, 1.165) is 6.20 Å². The van der Waals surface area contributed by atoms with E-state index in [-0.39, 0.29) is 11.4 Å². The Morgan fingerprint density at radius 3 is 2.89 bits per heavy atom. The lowest BCUT2D eigenvalue weighted by atomic mass is 10.4. The maximum Gasteiger partial charge on any atom is 0.380 e. The number of diazo groups is 1. The van der Waals surface area contributed by atoms with Crippen molar-refractivity contribution in [2.75, 3.05) is 0 Å². The third-order valence-corrected chi connectivity index (χ3v) is 0.870. The molecule has 0 aromatic carbocycles. The van der Waals surface area contributed by atoms with Crippen LogP contribution < -0.4 is 5.11 Å². The number of hydrogen-bond donors (Lipinski definition) is 0. The van der Waals surface area contributed by atoms with Gasteiger partial charge < -0.3 is 5.11 Å². The van der Waals surface area contributed by atoms with Crippen molar-refractivity contribution in [3.05, 3.63) is 23.4 Å². The van der Waals surface area contributed by atoms with Gasteiger partial charge in [-0.15, -0.1) is 0 Å². The summed E-state index contributed by atoms with van der Waals surface area (Å²) in [5.74, 6) is -0.375. The van der Waals surface area contributed by atoms with E-state index in [1.807, 2.05) is 0 Å². The summed E-state index contributed by atoms with van der Waals surface area (Å²) in [5.41, 5.74) is 0.0185. The first-order valence-corrected chi connectivity index (χ1v) is 2.30. The van der Waals surface area contributed by atoms with Crippen molar-refractivity contribution in [3.8, 4) is 5.75 Å². The van der Waals surface area contributed by atoms with E-state index >= 15 is 0 Å².